The van der Waals surface area contributed by atoms with Gasteiger partial charge in [0, 0.05) is 36.4 Å². The normalized spacial score (nSPS) is 11.6. The maximum absolute atomic E-state index is 12.9. The minimum atomic E-state index is -0.829. The van der Waals surface area contributed by atoms with E-state index < -0.39 is 11.0 Å². The second-order valence-electron chi connectivity index (χ2n) is 7.98. The zero-order chi connectivity index (χ0) is 25.0. The molecule has 0 radical (unpaired) electrons. The summed E-state index contributed by atoms with van der Waals surface area (Å²) in [6.07, 6.45) is 5.41. The first-order valence-corrected chi connectivity index (χ1v) is 11.3. The van der Waals surface area contributed by atoms with Gasteiger partial charge in [0.15, 0.2) is 0 Å². The quantitative estimate of drug-likeness (QED) is 0.163. The molecule has 0 saturated heterocycles. The number of nitrogens with one attached hydrogen (secondary N) is 1. The number of anilines is 1. The van der Waals surface area contributed by atoms with Crippen LogP contribution < -0.4 is 11.1 Å². The summed E-state index contributed by atoms with van der Waals surface area (Å²) in [5.41, 5.74) is 8.14. The Bertz CT molecular complexity index is 1150. The van der Waals surface area contributed by atoms with Crippen LogP contribution in [-0.2, 0) is 25.8 Å². The fourth-order valence-electron chi connectivity index (χ4n) is 3.55. The monoisotopic (exact) mass is 480 g/mol. The highest BCUT2D eigenvalue weighted by Gasteiger charge is 2.19. The molecule has 0 fully saturated rings. The van der Waals surface area contributed by atoms with Crippen LogP contribution in [0.25, 0.3) is 10.8 Å². The number of fused-ring (bicyclic) bond motifs is 1. The molecular formula is C25H28N4O6. The maximum Gasteiger partial charge on any atom is 0.306 e. The van der Waals surface area contributed by atoms with E-state index in [1.807, 2.05) is 36.4 Å². The predicted molar refractivity (Wildman–Crippen MR) is 130 cm³/mol. The van der Waals surface area contributed by atoms with Crippen LogP contribution in [0.3, 0.4) is 0 Å². The minimum absolute atomic E-state index is 0.0240. The lowest BCUT2D eigenvalue weighted by atomic mass is 9.97. The standard InChI is InChI=1S/C25H28N4O6/c26-15-23(25(31)28-22-10-9-21-16-27-12-11-20(21)14-22)19-7-5-18(6-8-19)17-34-24(30)4-2-1-3-13-35-29(32)33/h5-12,14,16,23H,1-4,13,15,17,26H2,(H,28,31). The number of nitrogens with zero attached hydrogens (tertiary/aromatic N) is 2. The Balaban J connectivity index is 1.46. The smallest absolute Gasteiger partial charge is 0.306 e. The van der Waals surface area contributed by atoms with Gasteiger partial charge in [-0.05, 0) is 47.6 Å². The van der Waals surface area contributed by atoms with Crippen molar-refractivity contribution in [2.75, 3.05) is 18.5 Å². The Kier molecular flexibility index (Phi) is 9.49. The van der Waals surface area contributed by atoms with Gasteiger partial charge in [-0.3, -0.25) is 14.6 Å². The third-order valence-electron chi connectivity index (χ3n) is 5.46. The van der Waals surface area contributed by atoms with Crippen LogP contribution in [0.2, 0.25) is 0 Å². The molecule has 10 nitrogen and oxygen atoms in total. The van der Waals surface area contributed by atoms with Gasteiger partial charge in [0.2, 0.25) is 5.91 Å². The van der Waals surface area contributed by atoms with Crippen molar-refractivity contribution in [1.29, 1.82) is 0 Å². The number of ether oxygens (including phenoxy) is 1. The zero-order valence-corrected chi connectivity index (χ0v) is 19.2. The van der Waals surface area contributed by atoms with Crippen molar-refractivity contribution in [1.82, 2.24) is 4.98 Å². The molecule has 1 atom stereocenters. The third-order valence-corrected chi connectivity index (χ3v) is 5.46. The van der Waals surface area contributed by atoms with Crippen molar-refractivity contribution in [2.45, 2.75) is 38.2 Å². The minimum Gasteiger partial charge on any atom is -0.461 e. The van der Waals surface area contributed by atoms with Gasteiger partial charge in [-0.25, -0.2) is 0 Å². The molecule has 3 N–H and O–H groups in total. The van der Waals surface area contributed by atoms with Gasteiger partial charge in [-0.1, -0.05) is 36.8 Å². The molecule has 0 saturated carbocycles. The molecule has 3 aromatic rings. The van der Waals surface area contributed by atoms with Gasteiger partial charge in [-0.2, -0.15) is 0 Å². The van der Waals surface area contributed by atoms with Gasteiger partial charge >= 0.3 is 5.97 Å². The molecule has 0 aliphatic rings. The van der Waals surface area contributed by atoms with E-state index in [2.05, 4.69) is 15.1 Å². The molecule has 0 bridgehead atoms. The molecule has 3 rings (SSSR count). The molecule has 0 spiro atoms. The molecule has 0 aliphatic heterocycles. The molecule has 1 aromatic heterocycles. The molecule has 1 amide bonds. The van der Waals surface area contributed by atoms with Crippen molar-refractivity contribution in [3.63, 3.8) is 0 Å². The van der Waals surface area contributed by atoms with Gasteiger partial charge in [0.05, 0.1) is 12.5 Å². The summed E-state index contributed by atoms with van der Waals surface area (Å²) in [6.45, 7) is 0.287. The van der Waals surface area contributed by atoms with Crippen molar-refractivity contribution < 1.29 is 24.3 Å². The molecule has 1 heterocycles. The van der Waals surface area contributed by atoms with E-state index in [0.29, 0.717) is 24.9 Å². The van der Waals surface area contributed by atoms with Crippen molar-refractivity contribution in [3.05, 3.63) is 82.2 Å². The number of hydrogen-bond donors (Lipinski definition) is 2. The summed E-state index contributed by atoms with van der Waals surface area (Å²) in [7, 11) is 0. The predicted octanol–water partition coefficient (Wildman–Crippen LogP) is 3.73. The summed E-state index contributed by atoms with van der Waals surface area (Å²) in [5.74, 6) is -1.07. The van der Waals surface area contributed by atoms with Crippen LogP contribution in [0, 0.1) is 10.1 Å². The van der Waals surface area contributed by atoms with Crippen LogP contribution in [0.4, 0.5) is 5.69 Å². The average molecular weight is 481 g/mol. The second-order valence-corrected chi connectivity index (χ2v) is 7.98. The highest BCUT2D eigenvalue weighted by molar-refractivity contribution is 5.98. The van der Waals surface area contributed by atoms with E-state index in [1.165, 1.54) is 0 Å². The second kappa shape index (κ2) is 13.0. The fourth-order valence-corrected chi connectivity index (χ4v) is 3.55. The molecular weight excluding hydrogens is 452 g/mol. The number of hydrogen-bond acceptors (Lipinski definition) is 8. The summed E-state index contributed by atoms with van der Waals surface area (Å²) < 4.78 is 5.27. The van der Waals surface area contributed by atoms with Gasteiger partial charge < -0.3 is 20.6 Å². The Labute approximate surface area is 202 Å². The molecule has 0 aliphatic carbocycles. The fraction of sp³-hybridized carbons (Fsp3) is 0.320. The maximum atomic E-state index is 12.9. The Morgan fingerprint density at radius 1 is 1.06 bits per heavy atom. The first-order valence-electron chi connectivity index (χ1n) is 11.3. The van der Waals surface area contributed by atoms with Crippen LogP contribution in [0.1, 0.15) is 42.7 Å². The molecule has 184 valence electrons. The topological polar surface area (TPSA) is 147 Å². The summed E-state index contributed by atoms with van der Waals surface area (Å²) in [6, 6.07) is 14.7. The molecule has 35 heavy (non-hydrogen) atoms. The number of aromatic nitrogens is 1. The largest absolute Gasteiger partial charge is 0.461 e. The number of carbonyl (C=O) groups is 2. The van der Waals surface area contributed by atoms with Crippen molar-refractivity contribution in [3.8, 4) is 0 Å². The van der Waals surface area contributed by atoms with E-state index >= 15 is 0 Å². The number of amides is 1. The Morgan fingerprint density at radius 3 is 2.60 bits per heavy atom. The van der Waals surface area contributed by atoms with E-state index in [4.69, 9.17) is 10.5 Å². The number of benzene rings is 2. The highest BCUT2D eigenvalue weighted by Crippen LogP contribution is 2.22. The van der Waals surface area contributed by atoms with Crippen LogP contribution in [0.15, 0.2) is 60.9 Å². The third kappa shape index (κ3) is 8.04. The Hall–Kier alpha value is -4.05. The lowest BCUT2D eigenvalue weighted by Crippen LogP contribution is -2.27. The number of pyridine rings is 1. The lowest BCUT2D eigenvalue weighted by Gasteiger charge is -2.16. The first kappa shape index (κ1) is 25.6. The molecule has 1 unspecified atom stereocenters. The number of rotatable bonds is 13. The van der Waals surface area contributed by atoms with Gasteiger partial charge in [-0.15, -0.1) is 10.1 Å². The number of nitrogens with two attached hydrogens (primary N) is 1. The van der Waals surface area contributed by atoms with Crippen LogP contribution in [-0.4, -0.2) is 35.1 Å². The average Bonchev–Trinajstić information content (AvgIpc) is 2.86. The molecule has 10 heteroatoms. The van der Waals surface area contributed by atoms with E-state index in [0.717, 1.165) is 21.9 Å². The summed E-state index contributed by atoms with van der Waals surface area (Å²) in [5, 5.41) is 14.1. The van der Waals surface area contributed by atoms with Gasteiger partial charge in [0.25, 0.3) is 5.09 Å². The summed E-state index contributed by atoms with van der Waals surface area (Å²) in [4.78, 5) is 43.1. The lowest BCUT2D eigenvalue weighted by molar-refractivity contribution is -0.757. The Morgan fingerprint density at radius 2 is 1.86 bits per heavy atom. The van der Waals surface area contributed by atoms with E-state index in [-0.39, 0.29) is 38.1 Å². The van der Waals surface area contributed by atoms with E-state index in [1.54, 1.807) is 24.5 Å². The highest BCUT2D eigenvalue weighted by atomic mass is 16.9. The van der Waals surface area contributed by atoms with E-state index in [9.17, 15) is 19.7 Å². The SMILES string of the molecule is NCC(C(=O)Nc1ccc2cnccc2c1)c1ccc(COC(=O)CCCCCO[N+](=O)[O-])cc1. The van der Waals surface area contributed by atoms with Crippen molar-refractivity contribution >= 4 is 28.3 Å². The zero-order valence-electron chi connectivity index (χ0n) is 19.2. The van der Waals surface area contributed by atoms with Crippen LogP contribution >= 0.6 is 0 Å². The van der Waals surface area contributed by atoms with Crippen molar-refractivity contribution in [2.24, 2.45) is 5.73 Å². The number of carbonyl (C=O) groups excluding carboxylic acids is 2. The van der Waals surface area contributed by atoms with Gasteiger partial charge in [0.1, 0.15) is 6.61 Å². The number of esters is 1. The first-order chi connectivity index (χ1) is 17.0. The molecule has 2 aromatic carbocycles. The number of unbranched alkanes of at least 4 members (excludes halogenated alkanes) is 2. The van der Waals surface area contributed by atoms with Crippen LogP contribution in [0.5, 0.6) is 0 Å². The summed E-state index contributed by atoms with van der Waals surface area (Å²) >= 11 is 0.